The minimum Gasteiger partial charge on any atom is -0.309 e. The molecule has 0 aliphatic carbocycles. The summed E-state index contributed by atoms with van der Waals surface area (Å²) < 4.78 is 0. The van der Waals surface area contributed by atoms with Crippen LogP contribution in [0.1, 0.15) is 36.8 Å². The molecule has 4 atom stereocenters. The van der Waals surface area contributed by atoms with Gasteiger partial charge in [0, 0.05) is 45.7 Å². The van der Waals surface area contributed by atoms with E-state index < -0.39 is 0 Å². The summed E-state index contributed by atoms with van der Waals surface area (Å²) in [5.74, 6) is 0. The first-order chi connectivity index (χ1) is 13.2. The Morgan fingerprint density at radius 2 is 1.07 bits per heavy atom. The van der Waals surface area contributed by atoms with E-state index in [1.165, 1.54) is 36.8 Å². The van der Waals surface area contributed by atoms with E-state index in [1.807, 2.05) is 24.3 Å². The van der Waals surface area contributed by atoms with Crippen molar-refractivity contribution in [3.8, 4) is 0 Å². The van der Waals surface area contributed by atoms with Crippen molar-refractivity contribution in [2.75, 3.05) is 0 Å². The van der Waals surface area contributed by atoms with Gasteiger partial charge in [0.15, 0.2) is 0 Å². The summed E-state index contributed by atoms with van der Waals surface area (Å²) in [4.78, 5) is 0. The Bertz CT molecular complexity index is 671. The van der Waals surface area contributed by atoms with Gasteiger partial charge in [-0.05, 0) is 61.1 Å². The molecule has 0 saturated carbocycles. The molecule has 2 bridgehead atoms. The highest BCUT2D eigenvalue weighted by molar-refractivity contribution is 8.00. The Hall–Kier alpha value is -0.710. The summed E-state index contributed by atoms with van der Waals surface area (Å²) in [6, 6.07) is 17.6. The van der Waals surface area contributed by atoms with Gasteiger partial charge in [0.25, 0.3) is 0 Å². The van der Waals surface area contributed by atoms with Gasteiger partial charge in [-0.1, -0.05) is 47.5 Å². The molecule has 5 heteroatoms. The molecule has 27 heavy (non-hydrogen) atoms. The maximum absolute atomic E-state index is 5.98. The van der Waals surface area contributed by atoms with Crippen LogP contribution in [0.4, 0.5) is 0 Å². The summed E-state index contributed by atoms with van der Waals surface area (Å²) in [5.41, 5.74) is 2.62. The molecule has 0 aromatic heterocycles. The first-order valence-corrected chi connectivity index (χ1v) is 11.5. The van der Waals surface area contributed by atoms with E-state index in [2.05, 4.69) is 46.7 Å². The fourth-order valence-electron chi connectivity index (χ4n) is 4.18. The van der Waals surface area contributed by atoms with Gasteiger partial charge in [0.1, 0.15) is 0 Å². The first kappa shape index (κ1) is 19.6. The third kappa shape index (κ3) is 5.21. The molecule has 2 nitrogen and oxygen atoms in total. The maximum Gasteiger partial charge on any atom is 0.0406 e. The summed E-state index contributed by atoms with van der Waals surface area (Å²) in [6.45, 7) is 1.86. The molecule has 0 spiro atoms. The van der Waals surface area contributed by atoms with Crippen molar-refractivity contribution in [1.29, 1.82) is 0 Å². The molecule has 144 valence electrons. The zero-order valence-corrected chi connectivity index (χ0v) is 17.7. The summed E-state index contributed by atoms with van der Waals surface area (Å²) in [7, 11) is 0. The van der Waals surface area contributed by atoms with Crippen molar-refractivity contribution in [2.24, 2.45) is 0 Å². The molecule has 2 heterocycles. The lowest BCUT2D eigenvalue weighted by molar-refractivity contribution is 0.330. The van der Waals surface area contributed by atoms with Gasteiger partial charge >= 0.3 is 0 Å². The molecular weight excluding hydrogens is 395 g/mol. The van der Waals surface area contributed by atoms with Crippen LogP contribution >= 0.6 is 35.0 Å². The second-order valence-corrected chi connectivity index (χ2v) is 9.95. The fraction of sp³-hybridized carbons (Fsp3) is 0.455. The Morgan fingerprint density at radius 3 is 1.48 bits per heavy atom. The van der Waals surface area contributed by atoms with Crippen molar-refractivity contribution in [1.82, 2.24) is 10.6 Å². The number of rotatable bonds is 6. The molecular formula is C22H26Cl2N2S. The zero-order valence-electron chi connectivity index (χ0n) is 15.3. The molecule has 2 saturated heterocycles. The van der Waals surface area contributed by atoms with Crippen LogP contribution in [0.5, 0.6) is 0 Å². The second kappa shape index (κ2) is 9.19. The van der Waals surface area contributed by atoms with E-state index in [1.54, 1.807) is 0 Å². The Morgan fingerprint density at radius 1 is 0.667 bits per heavy atom. The fourth-order valence-corrected chi connectivity index (χ4v) is 6.27. The van der Waals surface area contributed by atoms with E-state index >= 15 is 0 Å². The highest BCUT2D eigenvalue weighted by atomic mass is 35.5. The summed E-state index contributed by atoms with van der Waals surface area (Å²) in [6.07, 6.45) is 5.12. The molecule has 0 unspecified atom stereocenters. The molecule has 4 rings (SSSR count). The van der Waals surface area contributed by atoms with Crippen LogP contribution in [0, 0.1) is 0 Å². The number of thioether (sulfide) groups is 1. The predicted octanol–water partition coefficient (Wildman–Crippen LogP) is 5.67. The minimum absolute atomic E-state index is 0.624. The Kier molecular flexibility index (Phi) is 6.67. The number of hydrogen-bond acceptors (Lipinski definition) is 3. The van der Waals surface area contributed by atoms with E-state index in [0.717, 1.165) is 33.6 Å². The van der Waals surface area contributed by atoms with Crippen LogP contribution < -0.4 is 10.6 Å². The van der Waals surface area contributed by atoms with Crippen molar-refractivity contribution in [2.45, 2.75) is 61.4 Å². The molecule has 0 amide bonds. The SMILES string of the molecule is Clc1ccc(CN[C@H]2CC[C@@H]3S[C@H]2CC[C@H]3NCc2ccc(Cl)cc2)cc1. The number of benzene rings is 2. The highest BCUT2D eigenvalue weighted by Crippen LogP contribution is 2.42. The molecule has 2 fully saturated rings. The first-order valence-electron chi connectivity index (χ1n) is 9.78. The topological polar surface area (TPSA) is 24.1 Å². The third-order valence-corrected chi connectivity index (χ3v) is 8.07. The second-order valence-electron chi connectivity index (χ2n) is 7.60. The van der Waals surface area contributed by atoms with Crippen LogP contribution in [0.25, 0.3) is 0 Å². The molecule has 2 aromatic carbocycles. The molecule has 2 N–H and O–H groups in total. The lowest BCUT2D eigenvalue weighted by Gasteiger charge is -2.44. The number of fused-ring (bicyclic) bond motifs is 2. The van der Waals surface area contributed by atoms with Crippen LogP contribution in [-0.4, -0.2) is 22.6 Å². The van der Waals surface area contributed by atoms with Crippen LogP contribution in [0.15, 0.2) is 48.5 Å². The molecule has 2 aliphatic rings. The van der Waals surface area contributed by atoms with Crippen molar-refractivity contribution < 1.29 is 0 Å². The quantitative estimate of drug-likeness (QED) is 0.629. The zero-order chi connectivity index (χ0) is 18.6. The van der Waals surface area contributed by atoms with Crippen LogP contribution in [0.3, 0.4) is 0 Å². The maximum atomic E-state index is 5.98. The summed E-state index contributed by atoms with van der Waals surface area (Å²) in [5, 5.41) is 10.7. The van der Waals surface area contributed by atoms with Gasteiger partial charge in [0.2, 0.25) is 0 Å². The standard InChI is InChI=1S/C22H26Cl2N2S/c23-17-5-1-15(2-6-17)13-25-19-9-11-22-20(10-12-21(19)27-22)26-14-16-3-7-18(24)8-4-16/h1-8,19-22,25-26H,9-14H2/t19-,20+,21-,22-/m0/s1. The molecule has 2 aromatic rings. The Balaban J connectivity index is 1.25. The number of halogens is 2. The van der Waals surface area contributed by atoms with Crippen molar-refractivity contribution in [3.05, 3.63) is 69.7 Å². The molecule has 2 aliphatic heterocycles. The summed E-state index contributed by atoms with van der Waals surface area (Å²) >= 11 is 14.2. The monoisotopic (exact) mass is 420 g/mol. The van der Waals surface area contributed by atoms with Gasteiger partial charge in [-0.25, -0.2) is 0 Å². The largest absolute Gasteiger partial charge is 0.309 e. The van der Waals surface area contributed by atoms with Gasteiger partial charge < -0.3 is 10.6 Å². The van der Waals surface area contributed by atoms with E-state index in [9.17, 15) is 0 Å². The van der Waals surface area contributed by atoms with Gasteiger partial charge in [-0.2, -0.15) is 11.8 Å². The number of nitrogens with one attached hydrogen (secondary N) is 2. The van der Waals surface area contributed by atoms with E-state index in [0.29, 0.717) is 12.1 Å². The lowest BCUT2D eigenvalue weighted by atomic mass is 9.91. The predicted molar refractivity (Wildman–Crippen MR) is 118 cm³/mol. The van der Waals surface area contributed by atoms with Crippen molar-refractivity contribution >= 4 is 35.0 Å². The normalized spacial score (nSPS) is 27.5. The van der Waals surface area contributed by atoms with Crippen molar-refractivity contribution in [3.63, 3.8) is 0 Å². The van der Waals surface area contributed by atoms with Crippen LogP contribution in [0.2, 0.25) is 10.0 Å². The Labute approximate surface area is 176 Å². The molecule has 0 radical (unpaired) electrons. The van der Waals surface area contributed by atoms with Gasteiger partial charge in [0.05, 0.1) is 0 Å². The van der Waals surface area contributed by atoms with E-state index in [4.69, 9.17) is 23.2 Å². The van der Waals surface area contributed by atoms with Crippen LogP contribution in [-0.2, 0) is 13.1 Å². The number of hydrogen-bond donors (Lipinski definition) is 2. The third-order valence-electron chi connectivity index (χ3n) is 5.73. The minimum atomic E-state index is 0.624. The lowest BCUT2D eigenvalue weighted by Crippen LogP contribution is -2.51. The van der Waals surface area contributed by atoms with Gasteiger partial charge in [-0.15, -0.1) is 0 Å². The average molecular weight is 421 g/mol. The smallest absolute Gasteiger partial charge is 0.0406 e. The highest BCUT2D eigenvalue weighted by Gasteiger charge is 2.38. The average Bonchev–Trinajstić information content (AvgIpc) is 2.69. The van der Waals surface area contributed by atoms with E-state index in [-0.39, 0.29) is 0 Å². The van der Waals surface area contributed by atoms with Gasteiger partial charge in [-0.3, -0.25) is 0 Å².